The highest BCUT2D eigenvalue weighted by Crippen LogP contribution is 2.23. The second-order valence-corrected chi connectivity index (χ2v) is 4.45. The van der Waals surface area contributed by atoms with Crippen LogP contribution >= 0.6 is 11.6 Å². The van der Waals surface area contributed by atoms with E-state index in [2.05, 4.69) is 13.8 Å². The Morgan fingerprint density at radius 1 is 1.29 bits per heavy atom. The van der Waals surface area contributed by atoms with Gasteiger partial charge in [0.05, 0.1) is 12.5 Å². The zero-order valence-corrected chi connectivity index (χ0v) is 11.0. The summed E-state index contributed by atoms with van der Waals surface area (Å²) in [7, 11) is 0. The van der Waals surface area contributed by atoms with Crippen LogP contribution in [-0.4, -0.2) is 19.8 Å². The average Bonchev–Trinajstić information content (AvgIpc) is 2.30. The Hall–Kier alpha value is -0.800. The van der Waals surface area contributed by atoms with Gasteiger partial charge in [-0.25, -0.2) is 4.39 Å². The first kappa shape index (κ1) is 14.3. The van der Waals surface area contributed by atoms with E-state index in [9.17, 15) is 4.39 Å². The molecule has 0 N–H and O–H groups in total. The average molecular weight is 261 g/mol. The van der Waals surface area contributed by atoms with Crippen LogP contribution in [0.4, 0.5) is 4.39 Å². The number of rotatable bonds is 7. The molecule has 0 aliphatic rings. The van der Waals surface area contributed by atoms with Gasteiger partial charge in [0.25, 0.3) is 0 Å². The Bertz CT molecular complexity index is 342. The van der Waals surface area contributed by atoms with Crippen molar-refractivity contribution in [3.05, 3.63) is 29.6 Å². The normalized spacial score (nSPS) is 10.9. The van der Waals surface area contributed by atoms with E-state index in [1.165, 1.54) is 6.07 Å². The molecule has 0 aliphatic carbocycles. The Morgan fingerprint density at radius 2 is 2.06 bits per heavy atom. The Labute approximate surface area is 107 Å². The third kappa shape index (κ3) is 4.92. The number of halogens is 2. The molecule has 96 valence electrons. The van der Waals surface area contributed by atoms with Crippen molar-refractivity contribution >= 4 is 11.6 Å². The van der Waals surface area contributed by atoms with Crippen LogP contribution in [0.3, 0.4) is 0 Å². The maximum atomic E-state index is 13.5. The number of benzene rings is 1. The molecule has 2 nitrogen and oxygen atoms in total. The molecule has 17 heavy (non-hydrogen) atoms. The van der Waals surface area contributed by atoms with E-state index in [4.69, 9.17) is 21.1 Å². The summed E-state index contributed by atoms with van der Waals surface area (Å²) in [4.78, 5) is 0. The van der Waals surface area contributed by atoms with Crippen LogP contribution < -0.4 is 4.74 Å². The van der Waals surface area contributed by atoms with Crippen molar-refractivity contribution in [1.82, 2.24) is 0 Å². The fraction of sp³-hybridized carbons (Fsp3) is 0.538. The minimum atomic E-state index is -0.382. The largest absolute Gasteiger partial charge is 0.488 e. The van der Waals surface area contributed by atoms with Gasteiger partial charge in [0, 0.05) is 12.2 Å². The molecule has 0 saturated heterocycles. The molecule has 1 aromatic rings. The molecule has 0 atom stereocenters. The Morgan fingerprint density at radius 3 is 2.71 bits per heavy atom. The SMILES string of the molecule is CC(C)COCCOc1c(F)cccc1CCl. The van der Waals surface area contributed by atoms with Crippen molar-refractivity contribution in [2.75, 3.05) is 19.8 Å². The molecule has 0 bridgehead atoms. The molecule has 0 fully saturated rings. The lowest BCUT2D eigenvalue weighted by molar-refractivity contribution is 0.0805. The lowest BCUT2D eigenvalue weighted by atomic mass is 10.2. The van der Waals surface area contributed by atoms with Crippen molar-refractivity contribution in [3.63, 3.8) is 0 Å². The first-order valence-electron chi connectivity index (χ1n) is 5.69. The molecule has 0 aliphatic heterocycles. The van der Waals surface area contributed by atoms with Crippen LogP contribution in [0.2, 0.25) is 0 Å². The number of ether oxygens (including phenoxy) is 2. The molecular formula is C13H18ClFO2. The minimum absolute atomic E-state index is 0.232. The quantitative estimate of drug-likeness (QED) is 0.551. The van der Waals surface area contributed by atoms with Crippen molar-refractivity contribution in [1.29, 1.82) is 0 Å². The van der Waals surface area contributed by atoms with E-state index >= 15 is 0 Å². The second kappa shape index (κ2) is 7.51. The molecule has 1 aromatic carbocycles. The van der Waals surface area contributed by atoms with Gasteiger partial charge in [-0.2, -0.15) is 0 Å². The predicted octanol–water partition coefficient (Wildman–Crippen LogP) is 3.62. The maximum Gasteiger partial charge on any atom is 0.165 e. The molecule has 0 saturated carbocycles. The lowest BCUT2D eigenvalue weighted by Gasteiger charge is -2.11. The minimum Gasteiger partial charge on any atom is -0.488 e. The number of hydrogen-bond acceptors (Lipinski definition) is 2. The third-order valence-corrected chi connectivity index (χ3v) is 2.41. The number of para-hydroxylation sites is 1. The van der Waals surface area contributed by atoms with Crippen molar-refractivity contribution in [2.45, 2.75) is 19.7 Å². The standard InChI is InChI=1S/C13H18ClFO2/c1-10(2)9-16-6-7-17-13-11(8-14)4-3-5-12(13)15/h3-5,10H,6-9H2,1-2H3. The van der Waals surface area contributed by atoms with Crippen LogP contribution in [0.5, 0.6) is 5.75 Å². The van der Waals surface area contributed by atoms with E-state index < -0.39 is 0 Å². The van der Waals surface area contributed by atoms with E-state index in [0.29, 0.717) is 31.3 Å². The van der Waals surface area contributed by atoms with Gasteiger partial charge in [-0.05, 0) is 12.0 Å². The highest BCUT2D eigenvalue weighted by molar-refractivity contribution is 6.17. The van der Waals surface area contributed by atoms with E-state index in [0.717, 1.165) is 0 Å². The summed E-state index contributed by atoms with van der Waals surface area (Å²) >= 11 is 5.71. The monoisotopic (exact) mass is 260 g/mol. The smallest absolute Gasteiger partial charge is 0.165 e. The summed E-state index contributed by atoms with van der Waals surface area (Å²) in [6.45, 7) is 5.61. The zero-order chi connectivity index (χ0) is 12.7. The lowest BCUT2D eigenvalue weighted by Crippen LogP contribution is -2.11. The highest BCUT2D eigenvalue weighted by atomic mass is 35.5. The molecule has 0 heterocycles. The zero-order valence-electron chi connectivity index (χ0n) is 10.2. The highest BCUT2D eigenvalue weighted by Gasteiger charge is 2.08. The second-order valence-electron chi connectivity index (χ2n) is 4.18. The summed E-state index contributed by atoms with van der Waals surface area (Å²) in [6, 6.07) is 4.73. The van der Waals surface area contributed by atoms with Crippen molar-refractivity contribution < 1.29 is 13.9 Å². The van der Waals surface area contributed by atoms with Crippen molar-refractivity contribution in [3.8, 4) is 5.75 Å². The summed E-state index contributed by atoms with van der Waals surface area (Å²) in [5.41, 5.74) is 0.663. The molecule has 0 spiro atoms. The Kier molecular flexibility index (Phi) is 6.30. The summed E-state index contributed by atoms with van der Waals surface area (Å²) in [6.07, 6.45) is 0. The van der Waals surface area contributed by atoms with Crippen LogP contribution in [0.25, 0.3) is 0 Å². The van der Waals surface area contributed by atoms with E-state index in [1.807, 2.05) is 0 Å². The van der Waals surface area contributed by atoms with Gasteiger partial charge in [0.2, 0.25) is 0 Å². The molecule has 0 aromatic heterocycles. The topological polar surface area (TPSA) is 18.5 Å². The van der Waals surface area contributed by atoms with Crippen LogP contribution in [0.15, 0.2) is 18.2 Å². The third-order valence-electron chi connectivity index (χ3n) is 2.12. The van der Waals surface area contributed by atoms with Gasteiger partial charge in [-0.15, -0.1) is 11.6 Å². The summed E-state index contributed by atoms with van der Waals surface area (Å²) in [5.74, 6) is 0.574. The first-order chi connectivity index (χ1) is 8.15. The maximum absolute atomic E-state index is 13.5. The van der Waals surface area contributed by atoms with Crippen LogP contribution in [0.1, 0.15) is 19.4 Å². The van der Waals surface area contributed by atoms with Gasteiger partial charge in [0.1, 0.15) is 6.61 Å². The van der Waals surface area contributed by atoms with Gasteiger partial charge >= 0.3 is 0 Å². The molecule has 0 radical (unpaired) electrons. The first-order valence-corrected chi connectivity index (χ1v) is 6.22. The van der Waals surface area contributed by atoms with E-state index in [1.54, 1.807) is 12.1 Å². The Balaban J connectivity index is 2.40. The van der Waals surface area contributed by atoms with Gasteiger partial charge in [-0.3, -0.25) is 0 Å². The molecule has 1 rings (SSSR count). The molecule has 0 unspecified atom stereocenters. The molecular weight excluding hydrogens is 243 g/mol. The predicted molar refractivity (Wildman–Crippen MR) is 67.1 cm³/mol. The van der Waals surface area contributed by atoms with E-state index in [-0.39, 0.29) is 17.4 Å². The fourth-order valence-corrected chi connectivity index (χ4v) is 1.55. The van der Waals surface area contributed by atoms with Gasteiger partial charge < -0.3 is 9.47 Å². The summed E-state index contributed by atoms with van der Waals surface area (Å²) < 4.78 is 24.2. The van der Waals surface area contributed by atoms with Gasteiger partial charge in [0.15, 0.2) is 11.6 Å². The number of alkyl halides is 1. The molecule has 0 amide bonds. The van der Waals surface area contributed by atoms with Crippen LogP contribution in [0, 0.1) is 11.7 Å². The van der Waals surface area contributed by atoms with Gasteiger partial charge in [-0.1, -0.05) is 26.0 Å². The fourth-order valence-electron chi connectivity index (χ4n) is 1.34. The van der Waals surface area contributed by atoms with Crippen LogP contribution in [-0.2, 0) is 10.6 Å². The number of hydrogen-bond donors (Lipinski definition) is 0. The molecule has 4 heteroatoms. The summed E-state index contributed by atoms with van der Waals surface area (Å²) in [5, 5.41) is 0. The van der Waals surface area contributed by atoms with Crippen molar-refractivity contribution in [2.24, 2.45) is 5.92 Å².